The van der Waals surface area contributed by atoms with Gasteiger partial charge in [-0.2, -0.15) is 0 Å². The average Bonchev–Trinajstić information content (AvgIpc) is 2.85. The standard InChI is InChI=1S/C22H26N4O/c1-4-24-22(26-21(27)14-18-10-8-16(2)9-11-18)17(3)25-15-19-6-5-7-20(23)13-12-19/h4-5,7-13H,1,6,14-15,23H2,2-3H3,(H,24,26,27). The predicted octanol–water partition coefficient (Wildman–Crippen LogP) is 3.39. The van der Waals surface area contributed by atoms with E-state index in [1.54, 1.807) is 0 Å². The summed E-state index contributed by atoms with van der Waals surface area (Å²) in [4.78, 5) is 21.1. The van der Waals surface area contributed by atoms with Crippen molar-refractivity contribution in [1.29, 1.82) is 0 Å². The van der Waals surface area contributed by atoms with E-state index >= 15 is 0 Å². The van der Waals surface area contributed by atoms with Crippen molar-refractivity contribution in [2.75, 3.05) is 6.54 Å². The first-order valence-corrected chi connectivity index (χ1v) is 8.85. The normalized spacial score (nSPS) is 14.9. The van der Waals surface area contributed by atoms with E-state index in [2.05, 4.69) is 21.9 Å². The van der Waals surface area contributed by atoms with E-state index < -0.39 is 0 Å². The molecule has 0 heterocycles. The Bertz CT molecular complexity index is 840. The van der Waals surface area contributed by atoms with Crippen LogP contribution in [-0.4, -0.2) is 24.0 Å². The van der Waals surface area contributed by atoms with Gasteiger partial charge in [-0.1, -0.05) is 48.6 Å². The second kappa shape index (κ2) is 10.1. The minimum absolute atomic E-state index is 0.138. The van der Waals surface area contributed by atoms with Gasteiger partial charge in [0.2, 0.25) is 5.91 Å². The maximum absolute atomic E-state index is 12.4. The number of aryl methyl sites for hydroxylation is 1. The molecule has 27 heavy (non-hydrogen) atoms. The van der Waals surface area contributed by atoms with Crippen LogP contribution in [0.1, 0.15) is 24.5 Å². The van der Waals surface area contributed by atoms with Crippen LogP contribution in [0.3, 0.4) is 0 Å². The third kappa shape index (κ3) is 6.90. The van der Waals surface area contributed by atoms with Gasteiger partial charge in [0.1, 0.15) is 0 Å². The summed E-state index contributed by atoms with van der Waals surface area (Å²) in [6.07, 6.45) is 10.2. The van der Waals surface area contributed by atoms with E-state index in [1.807, 2.05) is 62.4 Å². The second-order valence-electron chi connectivity index (χ2n) is 6.37. The van der Waals surface area contributed by atoms with Crippen LogP contribution >= 0.6 is 0 Å². The lowest BCUT2D eigenvalue weighted by atomic mass is 10.1. The average molecular weight is 362 g/mol. The molecule has 1 aromatic carbocycles. The zero-order chi connectivity index (χ0) is 19.6. The fraction of sp³-hybridized carbons (Fsp3) is 0.227. The molecule has 0 unspecified atom stereocenters. The van der Waals surface area contributed by atoms with Crippen LogP contribution in [0.15, 0.2) is 82.6 Å². The summed E-state index contributed by atoms with van der Waals surface area (Å²) in [7, 11) is 0. The maximum Gasteiger partial charge on any atom is 0.229 e. The summed E-state index contributed by atoms with van der Waals surface area (Å²) >= 11 is 0. The largest absolute Gasteiger partial charge is 0.399 e. The Hall–Kier alpha value is -3.21. The summed E-state index contributed by atoms with van der Waals surface area (Å²) < 4.78 is 0. The van der Waals surface area contributed by atoms with E-state index in [0.717, 1.165) is 28.8 Å². The van der Waals surface area contributed by atoms with E-state index in [0.29, 0.717) is 18.1 Å². The quantitative estimate of drug-likeness (QED) is 0.601. The highest BCUT2D eigenvalue weighted by Crippen LogP contribution is 2.09. The van der Waals surface area contributed by atoms with Gasteiger partial charge in [0, 0.05) is 11.9 Å². The molecule has 1 aliphatic carbocycles. The molecule has 0 atom stereocenters. The Morgan fingerprint density at radius 2 is 2.04 bits per heavy atom. The first kappa shape index (κ1) is 20.1. The number of carbonyl (C=O) groups excluding carboxylic acids is 1. The Kier molecular flexibility index (Phi) is 7.49. The molecule has 1 amide bonds. The van der Waals surface area contributed by atoms with Gasteiger partial charge >= 0.3 is 0 Å². The first-order valence-electron chi connectivity index (χ1n) is 8.85. The molecule has 1 aromatic rings. The SMILES string of the molecule is C=CN=C(NC(=O)Cc1ccc(C)cc1)C(C)=NCC1=CC=C(N)C=CC1. The number of amides is 1. The molecule has 2 rings (SSSR count). The van der Waals surface area contributed by atoms with Crippen molar-refractivity contribution in [2.24, 2.45) is 15.7 Å². The summed E-state index contributed by atoms with van der Waals surface area (Å²) in [5, 5.41) is 2.83. The van der Waals surface area contributed by atoms with Crippen molar-refractivity contribution in [3.05, 3.63) is 83.7 Å². The van der Waals surface area contributed by atoms with Crippen LogP contribution in [-0.2, 0) is 11.2 Å². The van der Waals surface area contributed by atoms with Gasteiger partial charge in [-0.25, -0.2) is 4.99 Å². The Morgan fingerprint density at radius 3 is 2.74 bits per heavy atom. The monoisotopic (exact) mass is 362 g/mol. The van der Waals surface area contributed by atoms with E-state index in [-0.39, 0.29) is 12.3 Å². The molecular weight excluding hydrogens is 336 g/mol. The highest BCUT2D eigenvalue weighted by atomic mass is 16.1. The van der Waals surface area contributed by atoms with Crippen LogP contribution < -0.4 is 11.1 Å². The predicted molar refractivity (Wildman–Crippen MR) is 113 cm³/mol. The molecule has 1 aliphatic rings. The minimum Gasteiger partial charge on any atom is -0.399 e. The molecule has 5 nitrogen and oxygen atoms in total. The van der Waals surface area contributed by atoms with Crippen LogP contribution in [0, 0.1) is 6.92 Å². The molecule has 0 aromatic heterocycles. The number of nitrogens with zero attached hydrogens (tertiary/aromatic N) is 2. The number of hydrogen-bond acceptors (Lipinski definition) is 4. The van der Waals surface area contributed by atoms with Crippen molar-refractivity contribution in [3.8, 4) is 0 Å². The van der Waals surface area contributed by atoms with Crippen LogP contribution in [0.4, 0.5) is 0 Å². The third-order valence-electron chi connectivity index (χ3n) is 4.03. The van der Waals surface area contributed by atoms with E-state index in [1.165, 1.54) is 6.20 Å². The lowest BCUT2D eigenvalue weighted by molar-refractivity contribution is -0.119. The van der Waals surface area contributed by atoms with E-state index in [4.69, 9.17) is 5.73 Å². The van der Waals surface area contributed by atoms with Crippen molar-refractivity contribution < 1.29 is 4.79 Å². The Labute approximate surface area is 160 Å². The number of benzene rings is 1. The summed E-state index contributed by atoms with van der Waals surface area (Å²) in [5.41, 5.74) is 10.4. The molecule has 0 radical (unpaired) electrons. The minimum atomic E-state index is -0.138. The zero-order valence-corrected chi connectivity index (χ0v) is 15.9. The molecular formula is C22H26N4O. The van der Waals surface area contributed by atoms with Gasteiger partial charge < -0.3 is 11.1 Å². The number of carbonyl (C=O) groups is 1. The topological polar surface area (TPSA) is 79.8 Å². The smallest absolute Gasteiger partial charge is 0.229 e. The molecule has 0 saturated carbocycles. The number of amidine groups is 1. The van der Waals surface area contributed by atoms with Crippen molar-refractivity contribution in [2.45, 2.75) is 26.7 Å². The van der Waals surface area contributed by atoms with Gasteiger partial charge in [0.05, 0.1) is 18.7 Å². The molecule has 0 spiro atoms. The highest BCUT2D eigenvalue weighted by Gasteiger charge is 2.10. The third-order valence-corrected chi connectivity index (χ3v) is 4.03. The maximum atomic E-state index is 12.4. The molecule has 140 valence electrons. The lowest BCUT2D eigenvalue weighted by Crippen LogP contribution is -2.36. The number of rotatable bonds is 6. The summed E-state index contributed by atoms with van der Waals surface area (Å²) in [6.45, 7) is 7.98. The molecule has 3 N–H and O–H groups in total. The molecule has 5 heteroatoms. The molecule has 0 saturated heterocycles. The Balaban J connectivity index is 2.01. The number of nitrogens with two attached hydrogens (primary N) is 1. The first-order chi connectivity index (χ1) is 13.0. The van der Waals surface area contributed by atoms with Crippen molar-refractivity contribution >= 4 is 17.5 Å². The van der Waals surface area contributed by atoms with Gasteiger partial charge in [-0.05, 0) is 43.6 Å². The Morgan fingerprint density at radius 1 is 1.30 bits per heavy atom. The van der Waals surface area contributed by atoms with Crippen molar-refractivity contribution in [1.82, 2.24) is 5.32 Å². The number of aliphatic imine (C=N–C) groups is 2. The van der Waals surface area contributed by atoms with Gasteiger partial charge in [0.25, 0.3) is 0 Å². The van der Waals surface area contributed by atoms with E-state index in [9.17, 15) is 4.79 Å². The lowest BCUT2D eigenvalue weighted by Gasteiger charge is -2.09. The fourth-order valence-electron chi connectivity index (χ4n) is 2.47. The van der Waals surface area contributed by atoms with Gasteiger partial charge in [-0.15, -0.1) is 0 Å². The number of nitrogens with one attached hydrogen (secondary N) is 1. The summed E-state index contributed by atoms with van der Waals surface area (Å²) in [6, 6.07) is 7.88. The van der Waals surface area contributed by atoms with Crippen molar-refractivity contribution in [3.63, 3.8) is 0 Å². The van der Waals surface area contributed by atoms with Gasteiger partial charge in [-0.3, -0.25) is 9.79 Å². The zero-order valence-electron chi connectivity index (χ0n) is 15.9. The molecule has 0 fully saturated rings. The summed E-state index contributed by atoms with van der Waals surface area (Å²) in [5.74, 6) is 0.281. The highest BCUT2D eigenvalue weighted by molar-refractivity contribution is 6.43. The van der Waals surface area contributed by atoms with Crippen LogP contribution in [0.25, 0.3) is 0 Å². The van der Waals surface area contributed by atoms with Crippen LogP contribution in [0.5, 0.6) is 0 Å². The number of allylic oxidation sites excluding steroid dienone is 4. The fourth-order valence-corrected chi connectivity index (χ4v) is 2.47. The number of hydrogen-bond donors (Lipinski definition) is 2. The molecule has 0 bridgehead atoms. The van der Waals surface area contributed by atoms with Crippen LogP contribution in [0.2, 0.25) is 0 Å². The van der Waals surface area contributed by atoms with Gasteiger partial charge in [0.15, 0.2) is 5.84 Å². The second-order valence-corrected chi connectivity index (χ2v) is 6.37. The molecule has 0 aliphatic heterocycles.